The van der Waals surface area contributed by atoms with Crippen LogP contribution in [0.3, 0.4) is 0 Å². The Morgan fingerprint density at radius 2 is 2.07 bits per heavy atom. The topological polar surface area (TPSA) is 29.1 Å². The number of benzene rings is 1. The van der Waals surface area contributed by atoms with E-state index in [0.29, 0.717) is 21.7 Å². The first kappa shape index (κ1) is 10.8. The van der Waals surface area contributed by atoms with Crippen molar-refractivity contribution in [3.8, 4) is 0 Å². The van der Waals surface area contributed by atoms with Gasteiger partial charge >= 0.3 is 0 Å². The van der Waals surface area contributed by atoms with Gasteiger partial charge in [-0.3, -0.25) is 4.79 Å². The molecule has 0 spiro atoms. The number of carbonyl (C=O) groups excluding carboxylic acids is 1. The second-order valence-electron chi connectivity index (χ2n) is 3.94. The molecule has 15 heavy (non-hydrogen) atoms. The fraction of sp³-hybridized carbons (Fsp3) is 0.364. The Labute approximate surface area is 98.6 Å². The zero-order valence-corrected chi connectivity index (χ0v) is 9.77. The molecule has 80 valence electrons. The van der Waals surface area contributed by atoms with Crippen molar-refractivity contribution in [2.75, 3.05) is 5.32 Å². The average molecular weight is 244 g/mol. The van der Waals surface area contributed by atoms with Crippen molar-refractivity contribution >= 4 is 34.8 Å². The highest BCUT2D eigenvalue weighted by atomic mass is 35.5. The van der Waals surface area contributed by atoms with Crippen LogP contribution in [-0.4, -0.2) is 5.91 Å². The lowest BCUT2D eigenvalue weighted by atomic mass is 10.3. The van der Waals surface area contributed by atoms with Gasteiger partial charge in [-0.05, 0) is 30.5 Å². The molecule has 0 radical (unpaired) electrons. The predicted molar refractivity (Wildman–Crippen MR) is 62.4 cm³/mol. The minimum atomic E-state index is 0.0703. The Hall–Kier alpha value is -0.730. The molecule has 1 N–H and O–H groups in total. The number of nitrogens with one attached hydrogen (secondary N) is 1. The molecule has 0 aromatic heterocycles. The van der Waals surface area contributed by atoms with E-state index in [9.17, 15) is 4.79 Å². The Balaban J connectivity index is 2.04. The van der Waals surface area contributed by atoms with Crippen LogP contribution < -0.4 is 5.32 Å². The fourth-order valence-electron chi connectivity index (χ4n) is 1.50. The maximum absolute atomic E-state index is 11.6. The van der Waals surface area contributed by atoms with E-state index in [2.05, 4.69) is 12.2 Å². The molecule has 0 aliphatic heterocycles. The van der Waals surface area contributed by atoms with E-state index in [1.165, 1.54) is 0 Å². The van der Waals surface area contributed by atoms with Crippen molar-refractivity contribution in [1.29, 1.82) is 0 Å². The monoisotopic (exact) mass is 243 g/mol. The Morgan fingerprint density at radius 3 is 2.60 bits per heavy atom. The van der Waals surface area contributed by atoms with Crippen molar-refractivity contribution in [1.82, 2.24) is 0 Å². The highest BCUT2D eigenvalue weighted by molar-refractivity contribution is 6.42. The molecule has 2 rings (SSSR count). The molecule has 2 atom stereocenters. The Kier molecular flexibility index (Phi) is 2.89. The number of carbonyl (C=O) groups is 1. The SMILES string of the molecule is C[C@@H]1C[C@@H]1C(=O)Nc1ccc(Cl)c(Cl)c1. The van der Waals surface area contributed by atoms with Crippen molar-refractivity contribution in [3.63, 3.8) is 0 Å². The van der Waals surface area contributed by atoms with Crippen LogP contribution in [0.5, 0.6) is 0 Å². The largest absolute Gasteiger partial charge is 0.326 e. The van der Waals surface area contributed by atoms with Gasteiger partial charge in [0.25, 0.3) is 0 Å². The molecular formula is C11H11Cl2NO. The van der Waals surface area contributed by atoms with E-state index in [1.54, 1.807) is 18.2 Å². The average Bonchev–Trinajstić information content (AvgIpc) is 2.89. The summed E-state index contributed by atoms with van der Waals surface area (Å²) in [5.74, 6) is 0.744. The second kappa shape index (κ2) is 4.03. The standard InChI is InChI=1S/C11H11Cl2NO/c1-6-4-8(6)11(15)14-7-2-3-9(12)10(13)5-7/h2-3,5-6,8H,4H2,1H3,(H,14,15)/t6-,8+/m1/s1. The zero-order chi connectivity index (χ0) is 11.0. The summed E-state index contributed by atoms with van der Waals surface area (Å²) in [6, 6.07) is 5.09. The Morgan fingerprint density at radius 1 is 1.40 bits per heavy atom. The summed E-state index contributed by atoms with van der Waals surface area (Å²) in [6.45, 7) is 2.07. The lowest BCUT2D eigenvalue weighted by molar-refractivity contribution is -0.117. The molecule has 0 heterocycles. The molecule has 0 bridgehead atoms. The minimum Gasteiger partial charge on any atom is -0.326 e. The molecule has 1 aliphatic rings. The van der Waals surface area contributed by atoms with Crippen LogP contribution in [0.1, 0.15) is 13.3 Å². The van der Waals surface area contributed by atoms with E-state index in [1.807, 2.05) is 0 Å². The number of halogens is 2. The summed E-state index contributed by atoms with van der Waals surface area (Å²) < 4.78 is 0. The lowest BCUT2D eigenvalue weighted by Gasteiger charge is -2.05. The first-order chi connectivity index (χ1) is 7.08. The minimum absolute atomic E-state index is 0.0703. The highest BCUT2D eigenvalue weighted by Crippen LogP contribution is 2.38. The van der Waals surface area contributed by atoms with Gasteiger partial charge in [-0.15, -0.1) is 0 Å². The molecule has 2 nitrogen and oxygen atoms in total. The van der Waals surface area contributed by atoms with Crippen LogP contribution in [0.25, 0.3) is 0 Å². The third-order valence-electron chi connectivity index (χ3n) is 2.63. The van der Waals surface area contributed by atoms with Crippen molar-refractivity contribution in [2.45, 2.75) is 13.3 Å². The van der Waals surface area contributed by atoms with Crippen LogP contribution in [0.15, 0.2) is 18.2 Å². The summed E-state index contributed by atoms with van der Waals surface area (Å²) in [5.41, 5.74) is 0.702. The molecular weight excluding hydrogens is 233 g/mol. The fourth-order valence-corrected chi connectivity index (χ4v) is 1.79. The summed E-state index contributed by atoms with van der Waals surface area (Å²) in [7, 11) is 0. The van der Waals surface area contributed by atoms with E-state index >= 15 is 0 Å². The first-order valence-electron chi connectivity index (χ1n) is 4.84. The summed E-state index contributed by atoms with van der Waals surface area (Å²) >= 11 is 11.6. The molecule has 1 saturated carbocycles. The predicted octanol–water partition coefficient (Wildman–Crippen LogP) is 3.59. The third-order valence-corrected chi connectivity index (χ3v) is 3.37. The van der Waals surface area contributed by atoms with Gasteiger partial charge in [0.1, 0.15) is 0 Å². The maximum atomic E-state index is 11.6. The van der Waals surface area contributed by atoms with Crippen molar-refractivity contribution < 1.29 is 4.79 Å². The van der Waals surface area contributed by atoms with Gasteiger partial charge in [0.2, 0.25) is 5.91 Å². The van der Waals surface area contributed by atoms with Crippen LogP contribution in [0, 0.1) is 11.8 Å². The van der Waals surface area contributed by atoms with E-state index < -0.39 is 0 Å². The van der Waals surface area contributed by atoms with E-state index in [-0.39, 0.29) is 11.8 Å². The molecule has 4 heteroatoms. The van der Waals surface area contributed by atoms with Crippen LogP contribution >= 0.6 is 23.2 Å². The van der Waals surface area contributed by atoms with Crippen molar-refractivity contribution in [2.24, 2.45) is 11.8 Å². The van der Waals surface area contributed by atoms with Crippen LogP contribution in [0.2, 0.25) is 10.0 Å². The number of amides is 1. The molecule has 1 amide bonds. The number of anilines is 1. The third kappa shape index (κ3) is 2.44. The first-order valence-corrected chi connectivity index (χ1v) is 5.59. The number of hydrogen-bond donors (Lipinski definition) is 1. The van der Waals surface area contributed by atoms with Gasteiger partial charge in [0.05, 0.1) is 10.0 Å². The van der Waals surface area contributed by atoms with Gasteiger partial charge in [-0.1, -0.05) is 30.1 Å². The van der Waals surface area contributed by atoms with Crippen LogP contribution in [0.4, 0.5) is 5.69 Å². The lowest BCUT2D eigenvalue weighted by Crippen LogP contribution is -2.14. The van der Waals surface area contributed by atoms with Gasteiger partial charge in [0, 0.05) is 11.6 Å². The molecule has 1 aromatic rings. The zero-order valence-electron chi connectivity index (χ0n) is 8.26. The number of hydrogen-bond acceptors (Lipinski definition) is 1. The molecule has 0 saturated heterocycles. The molecule has 1 fully saturated rings. The molecule has 1 aromatic carbocycles. The van der Waals surface area contributed by atoms with Gasteiger partial charge in [0.15, 0.2) is 0 Å². The molecule has 0 unspecified atom stereocenters. The smallest absolute Gasteiger partial charge is 0.227 e. The van der Waals surface area contributed by atoms with Gasteiger partial charge < -0.3 is 5.32 Å². The summed E-state index contributed by atoms with van der Waals surface area (Å²) in [6.07, 6.45) is 0.979. The quantitative estimate of drug-likeness (QED) is 0.846. The second-order valence-corrected chi connectivity index (χ2v) is 4.75. The highest BCUT2D eigenvalue weighted by Gasteiger charge is 2.39. The van der Waals surface area contributed by atoms with Gasteiger partial charge in [-0.2, -0.15) is 0 Å². The van der Waals surface area contributed by atoms with Gasteiger partial charge in [-0.25, -0.2) is 0 Å². The van der Waals surface area contributed by atoms with E-state index in [4.69, 9.17) is 23.2 Å². The van der Waals surface area contributed by atoms with E-state index in [0.717, 1.165) is 6.42 Å². The normalized spacial score (nSPS) is 23.7. The summed E-state index contributed by atoms with van der Waals surface area (Å²) in [5, 5.41) is 3.77. The van der Waals surface area contributed by atoms with Crippen LogP contribution in [-0.2, 0) is 4.79 Å². The number of rotatable bonds is 2. The maximum Gasteiger partial charge on any atom is 0.227 e. The Bertz CT molecular complexity index is 406. The van der Waals surface area contributed by atoms with Crippen molar-refractivity contribution in [3.05, 3.63) is 28.2 Å². The molecule has 1 aliphatic carbocycles. The summed E-state index contributed by atoms with van der Waals surface area (Å²) in [4.78, 5) is 11.6.